The van der Waals surface area contributed by atoms with Crippen LogP contribution in [-0.2, 0) is 4.79 Å². The van der Waals surface area contributed by atoms with Crippen molar-refractivity contribution >= 4 is 33.4 Å². The summed E-state index contributed by atoms with van der Waals surface area (Å²) in [6.45, 7) is 4.87. The highest BCUT2D eigenvalue weighted by Gasteiger charge is 2.30. The van der Waals surface area contributed by atoms with Gasteiger partial charge < -0.3 is 10.1 Å². The Morgan fingerprint density at radius 3 is 2.77 bits per heavy atom. The minimum Gasteiger partial charge on any atom is -0.466 e. The number of halogens is 1. The van der Waals surface area contributed by atoms with E-state index in [2.05, 4.69) is 32.3 Å². The second-order valence-corrected chi connectivity index (χ2v) is 7.15. The highest BCUT2D eigenvalue weighted by atomic mass is 79.9. The number of hydrogen-bond donors (Lipinski definition) is 1. The molecule has 1 amide bonds. The van der Waals surface area contributed by atoms with Gasteiger partial charge in [-0.2, -0.15) is 5.26 Å². The zero-order chi connectivity index (χ0) is 19.1. The van der Waals surface area contributed by atoms with E-state index in [1.54, 1.807) is 38.2 Å². The molecule has 0 aliphatic carbocycles. The smallest absolute Gasteiger partial charge is 0.280 e. The summed E-state index contributed by atoms with van der Waals surface area (Å²) in [5.41, 5.74) is -0.265. The maximum Gasteiger partial charge on any atom is 0.280 e. The highest BCUT2D eigenvalue weighted by Crippen LogP contribution is 2.31. The zero-order valence-corrected chi connectivity index (χ0v) is 15.9. The third-order valence-electron chi connectivity index (χ3n) is 3.61. The molecular formula is C18H15BrN4O3. The molecule has 7 nitrogen and oxygen atoms in total. The first-order chi connectivity index (χ1) is 12.2. The van der Waals surface area contributed by atoms with Crippen molar-refractivity contribution < 1.29 is 9.53 Å². The summed E-state index contributed by atoms with van der Waals surface area (Å²) < 4.78 is 7.76. The second-order valence-electron chi connectivity index (χ2n) is 6.24. The van der Waals surface area contributed by atoms with E-state index in [9.17, 15) is 14.9 Å². The Kier molecular flexibility index (Phi) is 4.42. The SMILES string of the molecule is CC(=O)Nc1cc(Br)cn(C2=NC(C)(C)Oc3ccc(C#N)cc32)c1=O. The summed E-state index contributed by atoms with van der Waals surface area (Å²) in [5.74, 6) is 0.506. The van der Waals surface area contributed by atoms with Crippen LogP contribution in [0, 0.1) is 11.3 Å². The average Bonchev–Trinajstić information content (AvgIpc) is 2.55. The summed E-state index contributed by atoms with van der Waals surface area (Å²) in [7, 11) is 0. The molecule has 8 heteroatoms. The van der Waals surface area contributed by atoms with E-state index >= 15 is 0 Å². The topological polar surface area (TPSA) is 96.5 Å². The van der Waals surface area contributed by atoms with Crippen molar-refractivity contribution in [2.45, 2.75) is 26.5 Å². The van der Waals surface area contributed by atoms with Crippen molar-refractivity contribution in [3.05, 3.63) is 56.4 Å². The summed E-state index contributed by atoms with van der Waals surface area (Å²) in [4.78, 5) is 28.8. The summed E-state index contributed by atoms with van der Waals surface area (Å²) in [6, 6.07) is 8.54. The van der Waals surface area contributed by atoms with Gasteiger partial charge in [-0.05, 0) is 54.0 Å². The largest absolute Gasteiger partial charge is 0.466 e. The molecule has 0 fully saturated rings. The summed E-state index contributed by atoms with van der Waals surface area (Å²) in [6.07, 6.45) is 1.57. The third-order valence-corrected chi connectivity index (χ3v) is 4.04. The Bertz CT molecular complexity index is 1050. The molecule has 0 atom stereocenters. The average molecular weight is 415 g/mol. The molecule has 0 bridgehead atoms. The predicted molar refractivity (Wildman–Crippen MR) is 101 cm³/mol. The number of nitriles is 1. The number of nitrogens with zero attached hydrogens (tertiary/aromatic N) is 3. The molecule has 1 aliphatic heterocycles. The van der Waals surface area contributed by atoms with E-state index < -0.39 is 11.3 Å². The number of carbonyl (C=O) groups is 1. The lowest BCUT2D eigenvalue weighted by molar-refractivity contribution is -0.114. The molecule has 1 N–H and O–H groups in total. The van der Waals surface area contributed by atoms with E-state index in [0.717, 1.165) is 0 Å². The number of fused-ring (bicyclic) bond motifs is 1. The zero-order valence-electron chi connectivity index (χ0n) is 14.3. The number of nitrogens with one attached hydrogen (secondary N) is 1. The van der Waals surface area contributed by atoms with Crippen molar-refractivity contribution in [1.82, 2.24) is 4.57 Å². The van der Waals surface area contributed by atoms with E-state index in [0.29, 0.717) is 27.2 Å². The molecular weight excluding hydrogens is 400 g/mol. The highest BCUT2D eigenvalue weighted by molar-refractivity contribution is 9.10. The summed E-state index contributed by atoms with van der Waals surface area (Å²) >= 11 is 3.35. The van der Waals surface area contributed by atoms with Gasteiger partial charge in [0.25, 0.3) is 5.56 Å². The maximum atomic E-state index is 12.9. The fourth-order valence-corrected chi connectivity index (χ4v) is 3.07. The molecule has 0 saturated heterocycles. The Labute approximate surface area is 158 Å². The lowest BCUT2D eigenvalue weighted by Gasteiger charge is -2.30. The van der Waals surface area contributed by atoms with Crippen LogP contribution in [0.5, 0.6) is 5.75 Å². The van der Waals surface area contributed by atoms with Crippen LogP contribution in [0.1, 0.15) is 31.9 Å². The molecule has 3 rings (SSSR count). The van der Waals surface area contributed by atoms with Crippen molar-refractivity contribution in [2.75, 3.05) is 5.32 Å². The quantitative estimate of drug-likeness (QED) is 0.775. The molecule has 0 saturated carbocycles. The number of benzene rings is 1. The number of hydrogen-bond acceptors (Lipinski definition) is 5. The van der Waals surface area contributed by atoms with Gasteiger partial charge in [0.2, 0.25) is 5.91 Å². The predicted octanol–water partition coefficient (Wildman–Crippen LogP) is 2.86. The molecule has 0 unspecified atom stereocenters. The van der Waals surface area contributed by atoms with Crippen LogP contribution in [0.4, 0.5) is 5.69 Å². The van der Waals surface area contributed by atoms with Crippen molar-refractivity contribution in [2.24, 2.45) is 4.99 Å². The standard InChI is InChI=1S/C18H15BrN4O3/c1-10(24)21-14-7-12(19)9-23(17(14)25)16-13-6-11(8-20)4-5-15(13)26-18(2,3)22-16/h4-7,9H,1-3H3,(H,21,24). The van der Waals surface area contributed by atoms with E-state index in [1.165, 1.54) is 17.6 Å². The minimum atomic E-state index is -0.896. The molecule has 0 spiro atoms. The van der Waals surface area contributed by atoms with Gasteiger partial charge in [0.05, 0.1) is 17.2 Å². The normalized spacial score (nSPS) is 14.5. The Morgan fingerprint density at radius 1 is 1.38 bits per heavy atom. The number of aliphatic imine (C=N–C) groups is 1. The minimum absolute atomic E-state index is 0.122. The lowest BCUT2D eigenvalue weighted by atomic mass is 10.1. The van der Waals surface area contributed by atoms with E-state index in [4.69, 9.17) is 4.74 Å². The van der Waals surface area contributed by atoms with Crippen LogP contribution >= 0.6 is 15.9 Å². The first-order valence-electron chi connectivity index (χ1n) is 7.74. The van der Waals surface area contributed by atoms with E-state index in [-0.39, 0.29) is 11.6 Å². The van der Waals surface area contributed by atoms with Gasteiger partial charge in [0, 0.05) is 17.6 Å². The Balaban J connectivity index is 2.28. The number of rotatable bonds is 1. The van der Waals surface area contributed by atoms with Gasteiger partial charge >= 0.3 is 0 Å². The molecule has 1 aliphatic rings. The number of anilines is 1. The van der Waals surface area contributed by atoms with Crippen molar-refractivity contribution in [3.8, 4) is 11.8 Å². The fraction of sp³-hybridized carbons (Fsp3) is 0.222. The molecule has 132 valence electrons. The van der Waals surface area contributed by atoms with Crippen LogP contribution in [-0.4, -0.2) is 22.0 Å². The van der Waals surface area contributed by atoms with Crippen molar-refractivity contribution in [3.63, 3.8) is 0 Å². The molecule has 2 aromatic rings. The van der Waals surface area contributed by atoms with Gasteiger partial charge in [-0.1, -0.05) is 0 Å². The number of amides is 1. The fourth-order valence-electron chi connectivity index (χ4n) is 2.64. The van der Waals surface area contributed by atoms with Gasteiger partial charge in [0.1, 0.15) is 17.3 Å². The van der Waals surface area contributed by atoms with Crippen LogP contribution in [0.25, 0.3) is 0 Å². The second kappa shape index (κ2) is 6.42. The van der Waals surface area contributed by atoms with Gasteiger partial charge in [-0.3, -0.25) is 14.2 Å². The van der Waals surface area contributed by atoms with E-state index in [1.807, 2.05) is 0 Å². The Hall–Kier alpha value is -2.92. The number of carbonyl (C=O) groups excluding carboxylic acids is 1. The summed E-state index contributed by atoms with van der Waals surface area (Å²) in [5, 5.41) is 11.7. The molecule has 2 heterocycles. The van der Waals surface area contributed by atoms with Crippen LogP contribution in [0.15, 0.2) is 44.7 Å². The maximum absolute atomic E-state index is 12.9. The van der Waals surface area contributed by atoms with Gasteiger partial charge in [0.15, 0.2) is 5.72 Å². The van der Waals surface area contributed by atoms with Crippen molar-refractivity contribution in [1.29, 1.82) is 5.26 Å². The number of ether oxygens (including phenoxy) is 1. The van der Waals surface area contributed by atoms with Crippen LogP contribution in [0.2, 0.25) is 0 Å². The van der Waals surface area contributed by atoms with Gasteiger partial charge in [-0.25, -0.2) is 4.99 Å². The first kappa shape index (κ1) is 17.9. The monoisotopic (exact) mass is 414 g/mol. The molecule has 1 aromatic heterocycles. The molecule has 0 radical (unpaired) electrons. The van der Waals surface area contributed by atoms with Crippen LogP contribution < -0.4 is 15.6 Å². The molecule has 1 aromatic carbocycles. The number of pyridine rings is 1. The lowest BCUT2D eigenvalue weighted by Crippen LogP contribution is -2.38. The first-order valence-corrected chi connectivity index (χ1v) is 8.53. The molecule has 26 heavy (non-hydrogen) atoms. The van der Waals surface area contributed by atoms with Crippen LogP contribution in [0.3, 0.4) is 0 Å². The van der Waals surface area contributed by atoms with Gasteiger partial charge in [-0.15, -0.1) is 0 Å². The number of aromatic nitrogens is 1. The Morgan fingerprint density at radius 2 is 2.12 bits per heavy atom. The third kappa shape index (κ3) is 3.39.